The lowest BCUT2D eigenvalue weighted by Gasteiger charge is -2.15. The number of benzene rings is 1. The van der Waals surface area contributed by atoms with Crippen molar-refractivity contribution < 1.29 is 4.39 Å². The monoisotopic (exact) mass is 303 g/mol. The van der Waals surface area contributed by atoms with Gasteiger partial charge < -0.3 is 15.2 Å². The molecule has 2 rings (SSSR count). The second kappa shape index (κ2) is 7.06. The summed E-state index contributed by atoms with van der Waals surface area (Å²) in [7, 11) is 1.71. The van der Waals surface area contributed by atoms with E-state index >= 15 is 0 Å². The molecule has 0 saturated carbocycles. The summed E-state index contributed by atoms with van der Waals surface area (Å²) in [4.78, 5) is 8.24. The fraction of sp³-hybridized carbons (Fsp3) is 0.375. The lowest BCUT2D eigenvalue weighted by atomic mass is 10.2. The summed E-state index contributed by atoms with van der Waals surface area (Å²) in [6.45, 7) is 6.42. The number of hydrogen-bond acceptors (Lipinski definition) is 2. The number of aliphatic imine (C=N–C) groups is 1. The van der Waals surface area contributed by atoms with Gasteiger partial charge in [0.05, 0.1) is 5.69 Å². The molecule has 0 spiro atoms. The van der Waals surface area contributed by atoms with Gasteiger partial charge in [0.15, 0.2) is 5.96 Å². The topological polar surface area (TPSA) is 54.2 Å². The van der Waals surface area contributed by atoms with Crippen LogP contribution in [-0.4, -0.2) is 28.6 Å². The zero-order valence-electron chi connectivity index (χ0n) is 13.4. The molecule has 6 heteroatoms. The Morgan fingerprint density at radius 3 is 2.73 bits per heavy atom. The van der Waals surface area contributed by atoms with Crippen molar-refractivity contribution in [2.45, 2.75) is 33.4 Å². The van der Waals surface area contributed by atoms with Crippen LogP contribution in [0.15, 0.2) is 35.6 Å². The van der Waals surface area contributed by atoms with Crippen molar-refractivity contribution in [1.29, 1.82) is 0 Å². The first-order valence-electron chi connectivity index (χ1n) is 7.27. The standard InChI is InChI=1S/C16H22FN5/c1-11(2)21-16(18-4)20-10-13-5-6-15(14(17)9-13)22-8-7-19-12(22)3/h5-9,11H,10H2,1-4H3,(H2,18,20,21). The first-order valence-corrected chi connectivity index (χ1v) is 7.27. The fourth-order valence-corrected chi connectivity index (χ4v) is 2.14. The highest BCUT2D eigenvalue weighted by atomic mass is 19.1. The molecule has 0 aliphatic carbocycles. The molecule has 5 nitrogen and oxygen atoms in total. The molecule has 1 aromatic heterocycles. The van der Waals surface area contributed by atoms with Crippen LogP contribution < -0.4 is 10.6 Å². The van der Waals surface area contributed by atoms with Crippen molar-refractivity contribution in [3.63, 3.8) is 0 Å². The highest BCUT2D eigenvalue weighted by Crippen LogP contribution is 2.16. The molecular weight excluding hydrogens is 281 g/mol. The molecule has 1 heterocycles. The largest absolute Gasteiger partial charge is 0.354 e. The fourth-order valence-electron chi connectivity index (χ4n) is 2.14. The van der Waals surface area contributed by atoms with Crippen LogP contribution in [0, 0.1) is 12.7 Å². The zero-order chi connectivity index (χ0) is 16.1. The molecule has 0 aliphatic heterocycles. The number of nitrogens with one attached hydrogen (secondary N) is 2. The lowest BCUT2D eigenvalue weighted by Crippen LogP contribution is -2.40. The summed E-state index contributed by atoms with van der Waals surface area (Å²) >= 11 is 0. The van der Waals surface area contributed by atoms with E-state index < -0.39 is 0 Å². The van der Waals surface area contributed by atoms with Crippen LogP contribution in [0.2, 0.25) is 0 Å². The van der Waals surface area contributed by atoms with Gasteiger partial charge in [-0.3, -0.25) is 4.99 Å². The molecule has 0 unspecified atom stereocenters. The van der Waals surface area contributed by atoms with Crippen LogP contribution in [0.25, 0.3) is 5.69 Å². The summed E-state index contributed by atoms with van der Waals surface area (Å²) in [5.74, 6) is 1.18. The summed E-state index contributed by atoms with van der Waals surface area (Å²) in [5, 5.41) is 6.35. The van der Waals surface area contributed by atoms with Gasteiger partial charge in [-0.2, -0.15) is 0 Å². The molecule has 118 valence electrons. The molecule has 0 fully saturated rings. The van der Waals surface area contributed by atoms with E-state index in [0.717, 1.165) is 11.4 Å². The normalized spacial score (nSPS) is 11.8. The molecule has 0 aliphatic rings. The minimum atomic E-state index is -0.271. The number of guanidine groups is 1. The number of imidazole rings is 1. The predicted octanol–water partition coefficient (Wildman–Crippen LogP) is 2.39. The Labute approximate surface area is 130 Å². The second-order valence-electron chi connectivity index (χ2n) is 5.36. The Morgan fingerprint density at radius 1 is 1.41 bits per heavy atom. The molecule has 0 bridgehead atoms. The molecule has 0 atom stereocenters. The number of hydrogen-bond donors (Lipinski definition) is 2. The first kappa shape index (κ1) is 16.0. The Balaban J connectivity index is 2.09. The van der Waals surface area contributed by atoms with Gasteiger partial charge in [0.25, 0.3) is 0 Å². The quantitative estimate of drug-likeness (QED) is 0.673. The van der Waals surface area contributed by atoms with Crippen LogP contribution >= 0.6 is 0 Å². The van der Waals surface area contributed by atoms with E-state index in [9.17, 15) is 4.39 Å². The predicted molar refractivity (Wildman–Crippen MR) is 86.7 cm³/mol. The average Bonchev–Trinajstić information content (AvgIpc) is 2.89. The Kier molecular flexibility index (Phi) is 5.14. The van der Waals surface area contributed by atoms with Gasteiger partial charge in [-0.25, -0.2) is 9.37 Å². The van der Waals surface area contributed by atoms with Gasteiger partial charge in [0, 0.05) is 32.0 Å². The van der Waals surface area contributed by atoms with E-state index in [0.29, 0.717) is 18.2 Å². The van der Waals surface area contributed by atoms with E-state index in [1.807, 2.05) is 26.8 Å². The van der Waals surface area contributed by atoms with Crippen LogP contribution in [0.3, 0.4) is 0 Å². The minimum absolute atomic E-state index is 0.271. The van der Waals surface area contributed by atoms with Crippen molar-refractivity contribution >= 4 is 5.96 Å². The van der Waals surface area contributed by atoms with E-state index in [-0.39, 0.29) is 11.9 Å². The van der Waals surface area contributed by atoms with E-state index in [1.54, 1.807) is 30.1 Å². The number of nitrogens with zero attached hydrogens (tertiary/aromatic N) is 3. The highest BCUT2D eigenvalue weighted by Gasteiger charge is 2.08. The van der Waals surface area contributed by atoms with Gasteiger partial charge in [0.2, 0.25) is 0 Å². The summed E-state index contributed by atoms with van der Waals surface area (Å²) in [6, 6.07) is 5.48. The van der Waals surface area contributed by atoms with Crippen LogP contribution in [0.1, 0.15) is 25.2 Å². The second-order valence-corrected chi connectivity index (χ2v) is 5.36. The van der Waals surface area contributed by atoms with Crippen molar-refractivity contribution in [2.75, 3.05) is 7.05 Å². The molecule has 22 heavy (non-hydrogen) atoms. The van der Waals surface area contributed by atoms with E-state index in [1.165, 1.54) is 6.07 Å². The van der Waals surface area contributed by atoms with Crippen LogP contribution in [0.4, 0.5) is 4.39 Å². The van der Waals surface area contributed by atoms with Gasteiger partial charge in [-0.1, -0.05) is 6.07 Å². The Morgan fingerprint density at radius 2 is 2.18 bits per heavy atom. The molecule has 2 N–H and O–H groups in total. The summed E-state index contributed by atoms with van der Waals surface area (Å²) in [6.07, 6.45) is 3.41. The number of halogens is 1. The Bertz CT molecular complexity index is 660. The van der Waals surface area contributed by atoms with Gasteiger partial charge in [-0.05, 0) is 38.5 Å². The minimum Gasteiger partial charge on any atom is -0.354 e. The van der Waals surface area contributed by atoms with Crippen molar-refractivity contribution in [3.8, 4) is 5.69 Å². The number of aryl methyl sites for hydroxylation is 1. The number of aromatic nitrogens is 2. The molecule has 2 aromatic rings. The summed E-state index contributed by atoms with van der Waals surface area (Å²) < 4.78 is 16.0. The van der Waals surface area contributed by atoms with Crippen LogP contribution in [-0.2, 0) is 6.54 Å². The molecule has 0 saturated heterocycles. The highest BCUT2D eigenvalue weighted by molar-refractivity contribution is 5.79. The maximum absolute atomic E-state index is 14.3. The van der Waals surface area contributed by atoms with Crippen molar-refractivity contribution in [2.24, 2.45) is 4.99 Å². The maximum atomic E-state index is 14.3. The van der Waals surface area contributed by atoms with Gasteiger partial charge >= 0.3 is 0 Å². The third kappa shape index (κ3) is 3.84. The van der Waals surface area contributed by atoms with E-state index in [2.05, 4.69) is 20.6 Å². The van der Waals surface area contributed by atoms with Gasteiger partial charge in [-0.15, -0.1) is 0 Å². The summed E-state index contributed by atoms with van der Waals surface area (Å²) in [5.41, 5.74) is 1.36. The van der Waals surface area contributed by atoms with Crippen molar-refractivity contribution in [3.05, 3.63) is 47.8 Å². The maximum Gasteiger partial charge on any atom is 0.191 e. The SMILES string of the molecule is CN=C(NCc1ccc(-n2ccnc2C)c(F)c1)NC(C)C. The van der Waals surface area contributed by atoms with Gasteiger partial charge in [0.1, 0.15) is 11.6 Å². The third-order valence-corrected chi connectivity index (χ3v) is 3.21. The molecule has 0 radical (unpaired) electrons. The lowest BCUT2D eigenvalue weighted by molar-refractivity contribution is 0.613. The first-order chi connectivity index (χ1) is 10.5. The van der Waals surface area contributed by atoms with Crippen molar-refractivity contribution in [1.82, 2.24) is 20.2 Å². The molecule has 1 aromatic carbocycles. The number of rotatable bonds is 4. The molecular formula is C16H22FN5. The van der Waals surface area contributed by atoms with Crippen LogP contribution in [0.5, 0.6) is 0 Å². The third-order valence-electron chi connectivity index (χ3n) is 3.21. The average molecular weight is 303 g/mol. The van der Waals surface area contributed by atoms with E-state index in [4.69, 9.17) is 0 Å². The smallest absolute Gasteiger partial charge is 0.191 e. The zero-order valence-corrected chi connectivity index (χ0v) is 13.4. The molecule has 0 amide bonds. The Hall–Kier alpha value is -2.37.